The number of hydrogen-bond donors (Lipinski definition) is 0. The standard InChI is InChI=1S/C24H24/c1-3-9-19(10-4-1)15-16-21-17-18-23(20-11-5-2-6-12-20)24-14-8-7-13-22(21)24/h1-14,21,23H,15-18H2/t21-,23+/m0/s1. The third-order valence-electron chi connectivity index (χ3n) is 5.44. The first-order valence-corrected chi connectivity index (χ1v) is 9.09. The predicted molar refractivity (Wildman–Crippen MR) is 101 cm³/mol. The Bertz CT molecular complexity index is 773. The fourth-order valence-corrected chi connectivity index (χ4v) is 4.20. The van der Waals surface area contributed by atoms with Gasteiger partial charge in [0, 0.05) is 5.92 Å². The molecule has 0 heteroatoms. The van der Waals surface area contributed by atoms with Crippen molar-refractivity contribution in [1.82, 2.24) is 0 Å². The van der Waals surface area contributed by atoms with Crippen molar-refractivity contribution in [3.63, 3.8) is 0 Å². The van der Waals surface area contributed by atoms with Gasteiger partial charge in [0.1, 0.15) is 0 Å². The molecule has 0 fully saturated rings. The van der Waals surface area contributed by atoms with E-state index in [1.165, 1.54) is 36.8 Å². The highest BCUT2D eigenvalue weighted by Gasteiger charge is 2.27. The topological polar surface area (TPSA) is 0 Å². The Morgan fingerprint density at radius 3 is 2.00 bits per heavy atom. The first-order valence-electron chi connectivity index (χ1n) is 9.09. The fraction of sp³-hybridized carbons (Fsp3) is 0.250. The molecule has 0 bridgehead atoms. The molecule has 0 saturated carbocycles. The third-order valence-corrected chi connectivity index (χ3v) is 5.44. The van der Waals surface area contributed by atoms with Crippen LogP contribution in [-0.2, 0) is 6.42 Å². The maximum Gasteiger partial charge on any atom is 0.00923 e. The molecule has 2 atom stereocenters. The van der Waals surface area contributed by atoms with Crippen LogP contribution in [-0.4, -0.2) is 0 Å². The summed E-state index contributed by atoms with van der Waals surface area (Å²) in [5, 5.41) is 0. The maximum atomic E-state index is 2.36. The molecule has 0 nitrogen and oxygen atoms in total. The highest BCUT2D eigenvalue weighted by molar-refractivity contribution is 5.42. The number of benzene rings is 3. The van der Waals surface area contributed by atoms with Crippen LogP contribution in [0.3, 0.4) is 0 Å². The largest absolute Gasteiger partial charge is 0.0622 e. The molecule has 0 aliphatic heterocycles. The van der Waals surface area contributed by atoms with E-state index in [2.05, 4.69) is 84.9 Å². The smallest absolute Gasteiger partial charge is 0.00923 e. The Morgan fingerprint density at radius 1 is 0.625 bits per heavy atom. The Morgan fingerprint density at radius 2 is 1.25 bits per heavy atom. The van der Waals surface area contributed by atoms with Crippen LogP contribution in [0.2, 0.25) is 0 Å². The molecule has 4 rings (SSSR count). The zero-order valence-corrected chi connectivity index (χ0v) is 14.1. The van der Waals surface area contributed by atoms with E-state index >= 15 is 0 Å². The van der Waals surface area contributed by atoms with Gasteiger partial charge >= 0.3 is 0 Å². The second-order valence-electron chi connectivity index (χ2n) is 6.89. The molecule has 120 valence electrons. The van der Waals surface area contributed by atoms with Gasteiger partial charge in [-0.2, -0.15) is 0 Å². The number of rotatable bonds is 4. The van der Waals surface area contributed by atoms with Crippen molar-refractivity contribution in [2.24, 2.45) is 0 Å². The fourth-order valence-electron chi connectivity index (χ4n) is 4.20. The zero-order valence-electron chi connectivity index (χ0n) is 14.1. The second-order valence-corrected chi connectivity index (χ2v) is 6.89. The van der Waals surface area contributed by atoms with Crippen LogP contribution in [0.25, 0.3) is 0 Å². The van der Waals surface area contributed by atoms with E-state index < -0.39 is 0 Å². The molecule has 24 heavy (non-hydrogen) atoms. The molecule has 1 aliphatic rings. The van der Waals surface area contributed by atoms with Crippen molar-refractivity contribution in [3.05, 3.63) is 107 Å². The highest BCUT2D eigenvalue weighted by Crippen LogP contribution is 2.43. The van der Waals surface area contributed by atoms with Crippen molar-refractivity contribution in [2.45, 2.75) is 37.5 Å². The van der Waals surface area contributed by atoms with E-state index in [0.29, 0.717) is 11.8 Å². The molecule has 1 aliphatic carbocycles. The van der Waals surface area contributed by atoms with Gasteiger partial charge in [-0.25, -0.2) is 0 Å². The Balaban J connectivity index is 1.57. The van der Waals surface area contributed by atoms with Crippen molar-refractivity contribution < 1.29 is 0 Å². The molecule has 0 unspecified atom stereocenters. The molecule has 0 spiro atoms. The van der Waals surface area contributed by atoms with E-state index in [9.17, 15) is 0 Å². The van der Waals surface area contributed by atoms with Crippen LogP contribution in [0.5, 0.6) is 0 Å². The maximum absolute atomic E-state index is 2.36. The molecule has 0 saturated heterocycles. The summed E-state index contributed by atoms with van der Waals surface area (Å²) in [5.41, 5.74) is 6.05. The molecule has 3 aromatic rings. The summed E-state index contributed by atoms with van der Waals surface area (Å²) < 4.78 is 0. The van der Waals surface area contributed by atoms with E-state index in [1.807, 2.05) is 0 Å². The molecule has 3 aromatic carbocycles. The summed E-state index contributed by atoms with van der Waals surface area (Å²) in [5.74, 6) is 1.26. The lowest BCUT2D eigenvalue weighted by Crippen LogP contribution is -2.16. The van der Waals surface area contributed by atoms with Gasteiger partial charge in [0.25, 0.3) is 0 Å². The quantitative estimate of drug-likeness (QED) is 0.528. The van der Waals surface area contributed by atoms with Crippen molar-refractivity contribution in [3.8, 4) is 0 Å². The van der Waals surface area contributed by atoms with Gasteiger partial charge in [-0.3, -0.25) is 0 Å². The lowest BCUT2D eigenvalue weighted by molar-refractivity contribution is 0.492. The van der Waals surface area contributed by atoms with Gasteiger partial charge in [-0.15, -0.1) is 0 Å². The van der Waals surface area contributed by atoms with Gasteiger partial charge < -0.3 is 0 Å². The lowest BCUT2D eigenvalue weighted by atomic mass is 9.72. The van der Waals surface area contributed by atoms with Gasteiger partial charge in [0.05, 0.1) is 0 Å². The minimum Gasteiger partial charge on any atom is -0.0622 e. The minimum atomic E-state index is 0.565. The first kappa shape index (κ1) is 15.2. The van der Waals surface area contributed by atoms with Crippen LogP contribution < -0.4 is 0 Å². The summed E-state index contributed by atoms with van der Waals surface area (Å²) in [6.07, 6.45) is 4.99. The first-order chi connectivity index (χ1) is 11.9. The third kappa shape index (κ3) is 3.14. The normalized spacial score (nSPS) is 19.7. The van der Waals surface area contributed by atoms with Crippen LogP contribution in [0.4, 0.5) is 0 Å². The summed E-state index contributed by atoms with van der Waals surface area (Å²) >= 11 is 0. The SMILES string of the molecule is c1ccc(CC[C@H]2CC[C@H](c3ccccc3)c3ccccc32)cc1. The van der Waals surface area contributed by atoms with Gasteiger partial charge in [0.15, 0.2) is 0 Å². The van der Waals surface area contributed by atoms with Gasteiger partial charge in [0.2, 0.25) is 0 Å². The molecular formula is C24H24. The van der Waals surface area contributed by atoms with Gasteiger partial charge in [-0.1, -0.05) is 84.9 Å². The summed E-state index contributed by atoms with van der Waals surface area (Å²) in [4.78, 5) is 0. The van der Waals surface area contributed by atoms with Crippen molar-refractivity contribution in [2.75, 3.05) is 0 Å². The monoisotopic (exact) mass is 312 g/mol. The van der Waals surface area contributed by atoms with Crippen LogP contribution in [0, 0.1) is 0 Å². The molecule has 0 amide bonds. The molecule has 0 heterocycles. The molecular weight excluding hydrogens is 288 g/mol. The Labute approximate surface area is 145 Å². The Kier molecular flexibility index (Phi) is 4.46. The average molecular weight is 312 g/mol. The van der Waals surface area contributed by atoms with E-state index in [4.69, 9.17) is 0 Å². The summed E-state index contributed by atoms with van der Waals surface area (Å²) in [7, 11) is 0. The second kappa shape index (κ2) is 7.05. The van der Waals surface area contributed by atoms with E-state index in [1.54, 1.807) is 11.1 Å². The number of fused-ring (bicyclic) bond motifs is 1. The number of aryl methyl sites for hydroxylation is 1. The van der Waals surface area contributed by atoms with Crippen molar-refractivity contribution in [1.29, 1.82) is 0 Å². The minimum absolute atomic E-state index is 0.565. The molecule has 0 aromatic heterocycles. The zero-order chi connectivity index (χ0) is 16.2. The summed E-state index contributed by atoms with van der Waals surface area (Å²) in [6, 6.07) is 31.0. The summed E-state index contributed by atoms with van der Waals surface area (Å²) in [6.45, 7) is 0. The van der Waals surface area contributed by atoms with E-state index in [0.717, 1.165) is 0 Å². The highest BCUT2D eigenvalue weighted by atomic mass is 14.3. The van der Waals surface area contributed by atoms with Crippen molar-refractivity contribution >= 4 is 0 Å². The molecule has 0 radical (unpaired) electrons. The van der Waals surface area contributed by atoms with Gasteiger partial charge in [-0.05, 0) is 53.9 Å². The van der Waals surface area contributed by atoms with Crippen LogP contribution in [0.1, 0.15) is 53.4 Å². The Hall–Kier alpha value is -2.34. The van der Waals surface area contributed by atoms with E-state index in [-0.39, 0.29) is 0 Å². The average Bonchev–Trinajstić information content (AvgIpc) is 2.67. The van der Waals surface area contributed by atoms with Crippen LogP contribution in [0.15, 0.2) is 84.9 Å². The predicted octanol–water partition coefficient (Wildman–Crippen LogP) is 6.33. The molecule has 0 N–H and O–H groups in total. The lowest BCUT2D eigenvalue weighted by Gasteiger charge is -2.32. The number of hydrogen-bond acceptors (Lipinski definition) is 0. The van der Waals surface area contributed by atoms with Crippen LogP contribution >= 0.6 is 0 Å².